The molecule has 1 unspecified atom stereocenters. The maximum atomic E-state index is 7.77. The molecule has 3 aromatic rings. The van der Waals surface area contributed by atoms with Crippen molar-refractivity contribution in [3.05, 3.63) is 66.2 Å². The van der Waals surface area contributed by atoms with Crippen molar-refractivity contribution in [2.24, 2.45) is 5.73 Å². The van der Waals surface area contributed by atoms with Crippen molar-refractivity contribution in [3.63, 3.8) is 0 Å². The fourth-order valence-corrected chi connectivity index (χ4v) is 2.52. The van der Waals surface area contributed by atoms with Gasteiger partial charge in [-0.3, -0.25) is 5.41 Å². The number of fused-ring (bicyclic) bond motifs is 1. The van der Waals surface area contributed by atoms with Crippen LogP contribution < -0.4 is 5.73 Å². The third-order valence-corrected chi connectivity index (χ3v) is 3.90. The molecular formula is C18H15ClN4. The van der Waals surface area contributed by atoms with Gasteiger partial charge in [0.05, 0.1) is 23.0 Å². The lowest BCUT2D eigenvalue weighted by Gasteiger charge is -2.12. The first kappa shape index (κ1) is 15.3. The van der Waals surface area contributed by atoms with Crippen LogP contribution in [0.4, 0.5) is 0 Å². The second kappa shape index (κ2) is 6.28. The summed E-state index contributed by atoms with van der Waals surface area (Å²) in [6, 6.07) is 18.8. The number of benzene rings is 2. The lowest BCUT2D eigenvalue weighted by molar-refractivity contribution is 0.964. The van der Waals surface area contributed by atoms with Gasteiger partial charge in [0.1, 0.15) is 5.17 Å². The second-order valence-corrected chi connectivity index (χ2v) is 5.60. The van der Waals surface area contributed by atoms with Gasteiger partial charge in [0.2, 0.25) is 0 Å². The lowest BCUT2D eigenvalue weighted by Crippen LogP contribution is -2.24. The number of nitrogens with two attached hydrogens (primary N) is 1. The van der Waals surface area contributed by atoms with Gasteiger partial charge in [-0.05, 0) is 17.7 Å². The van der Waals surface area contributed by atoms with Gasteiger partial charge >= 0.3 is 0 Å². The monoisotopic (exact) mass is 322 g/mol. The van der Waals surface area contributed by atoms with Gasteiger partial charge in [-0.2, -0.15) is 0 Å². The number of aromatic nitrogens is 1. The van der Waals surface area contributed by atoms with Crippen molar-refractivity contribution >= 4 is 33.4 Å². The van der Waals surface area contributed by atoms with Gasteiger partial charge in [0, 0.05) is 10.9 Å². The van der Waals surface area contributed by atoms with Crippen LogP contribution in [0.2, 0.25) is 0 Å². The van der Waals surface area contributed by atoms with Gasteiger partial charge in [0.15, 0.2) is 0 Å². The van der Waals surface area contributed by atoms with E-state index in [4.69, 9.17) is 28.2 Å². The van der Waals surface area contributed by atoms with Crippen molar-refractivity contribution in [2.75, 3.05) is 0 Å². The van der Waals surface area contributed by atoms with Crippen LogP contribution in [-0.2, 0) is 0 Å². The summed E-state index contributed by atoms with van der Waals surface area (Å²) in [6.45, 7) is 0. The molecule has 1 aromatic heterocycles. The Labute approximate surface area is 138 Å². The van der Waals surface area contributed by atoms with Crippen LogP contribution in [0.3, 0.4) is 0 Å². The van der Waals surface area contributed by atoms with Gasteiger partial charge < -0.3 is 11.1 Å². The number of halogens is 1. The molecule has 0 aliphatic carbocycles. The first-order valence-electron chi connectivity index (χ1n) is 7.11. The smallest absolute Gasteiger partial charge is 0.143 e. The Morgan fingerprint density at radius 2 is 1.70 bits per heavy atom. The normalized spacial score (nSPS) is 12.1. The lowest BCUT2D eigenvalue weighted by atomic mass is 10.0. The van der Waals surface area contributed by atoms with Crippen LogP contribution in [0.1, 0.15) is 11.6 Å². The Balaban J connectivity index is 2.04. The predicted molar refractivity (Wildman–Crippen MR) is 95.4 cm³/mol. The molecule has 1 atom stereocenters. The number of rotatable bonds is 4. The summed E-state index contributed by atoms with van der Waals surface area (Å²) < 4.78 is 0. The average Bonchev–Trinajstić information content (AvgIpc) is 2.60. The number of pyridine rings is 1. The molecule has 23 heavy (non-hydrogen) atoms. The highest BCUT2D eigenvalue weighted by Crippen LogP contribution is 2.23. The molecule has 0 bridgehead atoms. The Morgan fingerprint density at radius 3 is 2.39 bits per heavy atom. The Bertz CT molecular complexity index is 890. The first-order valence-corrected chi connectivity index (χ1v) is 7.48. The zero-order valence-corrected chi connectivity index (χ0v) is 13.0. The highest BCUT2D eigenvalue weighted by Gasteiger charge is 2.15. The third-order valence-electron chi connectivity index (χ3n) is 3.69. The van der Waals surface area contributed by atoms with Gasteiger partial charge in [-0.15, -0.1) is 0 Å². The average molecular weight is 323 g/mol. The van der Waals surface area contributed by atoms with Crippen molar-refractivity contribution in [2.45, 2.75) is 6.04 Å². The van der Waals surface area contributed by atoms with E-state index in [1.807, 2.05) is 60.7 Å². The topological polar surface area (TPSA) is 86.6 Å². The van der Waals surface area contributed by atoms with Crippen molar-refractivity contribution in [1.82, 2.24) is 4.98 Å². The van der Waals surface area contributed by atoms with Crippen molar-refractivity contribution < 1.29 is 0 Å². The quantitative estimate of drug-likeness (QED) is 0.630. The fraction of sp³-hybridized carbons (Fsp3) is 0.0556. The summed E-state index contributed by atoms with van der Waals surface area (Å²) in [5.41, 5.74) is 9.33. The second-order valence-electron chi connectivity index (χ2n) is 5.22. The predicted octanol–water partition coefficient (Wildman–Crippen LogP) is 4.14. The van der Waals surface area contributed by atoms with Gasteiger partial charge in [-0.25, -0.2) is 4.98 Å². The van der Waals surface area contributed by atoms with E-state index >= 15 is 0 Å². The van der Waals surface area contributed by atoms with Crippen molar-refractivity contribution in [3.8, 4) is 11.3 Å². The van der Waals surface area contributed by atoms with Crippen LogP contribution >= 0.6 is 11.6 Å². The Kier molecular flexibility index (Phi) is 4.19. The fourth-order valence-electron chi connectivity index (χ4n) is 2.40. The van der Waals surface area contributed by atoms with Crippen LogP contribution in [0.5, 0.6) is 0 Å². The van der Waals surface area contributed by atoms with Gasteiger partial charge in [0.25, 0.3) is 0 Å². The van der Waals surface area contributed by atoms with E-state index in [0.29, 0.717) is 5.56 Å². The van der Waals surface area contributed by atoms with Crippen LogP contribution in [0, 0.1) is 10.8 Å². The minimum absolute atomic E-state index is 0.106. The molecule has 4 N–H and O–H groups in total. The summed E-state index contributed by atoms with van der Waals surface area (Å²) >= 11 is 5.56. The summed E-state index contributed by atoms with van der Waals surface area (Å²) in [5, 5.41) is 15.8. The highest BCUT2D eigenvalue weighted by atomic mass is 35.5. The first-order chi connectivity index (χ1) is 11.1. The molecule has 0 fully saturated rings. The molecule has 4 nitrogen and oxygen atoms in total. The Morgan fingerprint density at radius 1 is 1.00 bits per heavy atom. The maximum absolute atomic E-state index is 7.77. The SMILES string of the molecule is N=C(Cl)C(=N)C(N)c1ccc2ccc(-c3ccccc3)nc2c1. The summed E-state index contributed by atoms with van der Waals surface area (Å²) in [4.78, 5) is 4.68. The molecule has 0 amide bonds. The number of hydrogen-bond acceptors (Lipinski definition) is 4. The summed E-state index contributed by atoms with van der Waals surface area (Å²) in [6.07, 6.45) is 0. The van der Waals surface area contributed by atoms with Crippen LogP contribution in [-0.4, -0.2) is 15.9 Å². The van der Waals surface area contributed by atoms with Crippen LogP contribution in [0.15, 0.2) is 60.7 Å². The van der Waals surface area contributed by atoms with E-state index in [1.165, 1.54) is 0 Å². The molecule has 114 valence electrons. The number of nitrogens with zero attached hydrogens (tertiary/aromatic N) is 1. The molecule has 0 spiro atoms. The van der Waals surface area contributed by atoms with E-state index in [0.717, 1.165) is 22.2 Å². The molecular weight excluding hydrogens is 308 g/mol. The minimum atomic E-state index is -0.730. The van der Waals surface area contributed by atoms with Gasteiger partial charge in [-0.1, -0.05) is 60.1 Å². The van der Waals surface area contributed by atoms with E-state index in [9.17, 15) is 0 Å². The van der Waals surface area contributed by atoms with Crippen LogP contribution in [0.25, 0.3) is 22.2 Å². The molecule has 2 aromatic carbocycles. The molecule has 0 aliphatic rings. The largest absolute Gasteiger partial charge is 0.319 e. The molecule has 0 aliphatic heterocycles. The molecule has 1 heterocycles. The number of nitrogens with one attached hydrogen (secondary N) is 2. The zero-order valence-electron chi connectivity index (χ0n) is 12.3. The molecule has 0 saturated carbocycles. The molecule has 0 radical (unpaired) electrons. The van der Waals surface area contributed by atoms with E-state index in [1.54, 1.807) is 0 Å². The van der Waals surface area contributed by atoms with Crippen molar-refractivity contribution in [1.29, 1.82) is 10.8 Å². The molecule has 5 heteroatoms. The maximum Gasteiger partial charge on any atom is 0.143 e. The standard InChI is InChI=1S/C18H15ClN4/c19-18(22)17(21)16(20)13-7-6-12-8-9-14(23-15(12)10-13)11-4-2-1-3-5-11/h1-10,16,21-22H,20H2. The molecule has 3 rings (SSSR count). The highest BCUT2D eigenvalue weighted by molar-refractivity contribution is 6.83. The van der Waals surface area contributed by atoms with E-state index < -0.39 is 6.04 Å². The van der Waals surface area contributed by atoms with E-state index in [2.05, 4.69) is 4.98 Å². The minimum Gasteiger partial charge on any atom is -0.319 e. The Hall–Kier alpha value is -2.56. The number of hydrogen-bond donors (Lipinski definition) is 3. The summed E-state index contributed by atoms with van der Waals surface area (Å²) in [7, 11) is 0. The molecule has 0 saturated heterocycles. The van der Waals surface area contributed by atoms with E-state index in [-0.39, 0.29) is 10.9 Å². The third kappa shape index (κ3) is 3.13. The summed E-state index contributed by atoms with van der Waals surface area (Å²) in [5.74, 6) is 0. The zero-order chi connectivity index (χ0) is 16.4.